The number of benzene rings is 1. The average Bonchev–Trinajstić information content (AvgIpc) is 3.62. The van der Waals surface area contributed by atoms with Crippen LogP contribution < -0.4 is 21.8 Å². The van der Waals surface area contributed by atoms with Crippen molar-refractivity contribution in [3.8, 4) is 11.5 Å². The van der Waals surface area contributed by atoms with Crippen molar-refractivity contribution in [1.82, 2.24) is 36.1 Å². The summed E-state index contributed by atoms with van der Waals surface area (Å²) in [4.78, 5) is 56.9. The van der Waals surface area contributed by atoms with Crippen LogP contribution in [0.5, 0.6) is 11.5 Å². The van der Waals surface area contributed by atoms with E-state index in [9.17, 15) is 34.5 Å². The molecule has 0 radical (unpaired) electrons. The molecular weight excluding hydrogens is 690 g/mol. The number of aromatic nitrogens is 3. The number of phenols is 2. The second kappa shape index (κ2) is 14.1. The van der Waals surface area contributed by atoms with Gasteiger partial charge in [0.2, 0.25) is 11.8 Å². The summed E-state index contributed by atoms with van der Waals surface area (Å²) >= 11 is 4.95. The van der Waals surface area contributed by atoms with Gasteiger partial charge in [0, 0.05) is 23.4 Å². The van der Waals surface area contributed by atoms with Gasteiger partial charge in [-0.05, 0) is 30.7 Å². The maximum absolute atomic E-state index is 13.4. The maximum atomic E-state index is 13.4. The number of phenolic OH excluding ortho intramolecular Hbond substituents is 2. The highest BCUT2D eigenvalue weighted by molar-refractivity contribution is 8.01. The number of carboxylic acids is 1. The zero-order valence-electron chi connectivity index (χ0n) is 23.1. The Labute approximate surface area is 277 Å². The average molecular weight is 716 g/mol. The highest BCUT2D eigenvalue weighted by atomic mass is 35.5. The van der Waals surface area contributed by atoms with Crippen LogP contribution in [-0.4, -0.2) is 94.9 Å². The molecule has 4 amide bonds. The Balaban J connectivity index is 0.00000461. The van der Waals surface area contributed by atoms with Gasteiger partial charge in [0.25, 0.3) is 0 Å². The highest BCUT2D eigenvalue weighted by Gasteiger charge is 2.57. The number of amides is 4. The van der Waals surface area contributed by atoms with Crippen LogP contribution in [0.2, 0.25) is 0 Å². The number of urea groups is 1. The zero-order valence-corrected chi connectivity index (χ0v) is 27.2. The minimum atomic E-state index is -1.34. The molecule has 0 saturated carbocycles. The fourth-order valence-electron chi connectivity index (χ4n) is 4.34. The number of aliphatic carboxylic acids is 1. The number of thioether (sulfide) groups is 2. The lowest BCUT2D eigenvalue weighted by molar-refractivity contribution is -0.157. The number of halogens is 1. The van der Waals surface area contributed by atoms with E-state index in [2.05, 4.69) is 36.3 Å². The first-order valence-electron chi connectivity index (χ1n) is 12.7. The molecule has 2 aliphatic heterocycles. The third-order valence-electron chi connectivity index (χ3n) is 6.63. The Kier molecular flexibility index (Phi) is 10.6. The van der Waals surface area contributed by atoms with E-state index in [-0.39, 0.29) is 52.8 Å². The van der Waals surface area contributed by atoms with Gasteiger partial charge >= 0.3 is 12.0 Å². The molecular formula is C24H26ClN9O7S4. The van der Waals surface area contributed by atoms with Crippen molar-refractivity contribution in [1.29, 1.82) is 0 Å². The number of carboxylic acid groups (broad SMARTS) is 1. The second-order valence-electron chi connectivity index (χ2n) is 9.75. The number of fused-ring (bicyclic) bond motifs is 1. The van der Waals surface area contributed by atoms with Gasteiger partial charge in [0.15, 0.2) is 27.0 Å². The van der Waals surface area contributed by atoms with Gasteiger partial charge in [-0.1, -0.05) is 23.1 Å². The molecule has 3 aromatic rings. The van der Waals surface area contributed by atoms with Crippen molar-refractivity contribution in [2.75, 3.05) is 23.8 Å². The molecule has 4 atom stereocenters. The van der Waals surface area contributed by atoms with Crippen LogP contribution in [0.1, 0.15) is 22.3 Å². The van der Waals surface area contributed by atoms with Crippen LogP contribution in [0, 0.1) is 12.3 Å². The molecule has 5 rings (SSSR count). The number of anilines is 1. The zero-order chi connectivity index (χ0) is 31.6. The van der Waals surface area contributed by atoms with Gasteiger partial charge < -0.3 is 36.6 Å². The van der Waals surface area contributed by atoms with Crippen molar-refractivity contribution in [3.63, 3.8) is 0 Å². The third kappa shape index (κ3) is 7.52. The number of nitrogens with zero attached hydrogens (tertiary/aromatic N) is 5. The molecule has 2 aromatic heterocycles. The maximum Gasteiger partial charge on any atom is 0.336 e. The number of nitrogens with two attached hydrogens (primary N) is 1. The van der Waals surface area contributed by atoms with Crippen LogP contribution in [0.3, 0.4) is 0 Å². The van der Waals surface area contributed by atoms with Crippen LogP contribution >= 0.6 is 58.6 Å². The lowest BCUT2D eigenvalue weighted by Crippen LogP contribution is -2.74. The lowest BCUT2D eigenvalue weighted by Gasteiger charge is -2.53. The molecule has 8 N–H and O–H groups in total. The van der Waals surface area contributed by atoms with Crippen molar-refractivity contribution < 1.29 is 34.5 Å². The first kappa shape index (κ1) is 34.0. The van der Waals surface area contributed by atoms with Crippen LogP contribution in [0.4, 0.5) is 9.93 Å². The number of aromatic hydroxyl groups is 2. The Morgan fingerprint density at radius 3 is 2.71 bits per heavy atom. The van der Waals surface area contributed by atoms with Crippen LogP contribution in [0.25, 0.3) is 0 Å². The minimum absolute atomic E-state index is 0. The summed E-state index contributed by atoms with van der Waals surface area (Å²) in [6.45, 7) is 1.78. The lowest BCUT2D eigenvalue weighted by atomic mass is 9.89. The van der Waals surface area contributed by atoms with Crippen molar-refractivity contribution >= 4 is 93.8 Å². The molecule has 21 heteroatoms. The number of nitrogens with one attached hydrogen (secondary N) is 3. The van der Waals surface area contributed by atoms with E-state index in [1.807, 2.05) is 0 Å². The van der Waals surface area contributed by atoms with Gasteiger partial charge in [-0.15, -0.1) is 45.7 Å². The SMILES string of the molecule is Cc1nnc(SCC2(C(=O)O)CS[C@@H]3C(NC(=O)C(NC(=O)NN=Cc4ccc(O)c(O)c4)c4csc(N)n4)C(=O)N3C2)s1.Cl. The Hall–Kier alpha value is -3.85. The number of aryl methyl sites for hydroxylation is 1. The van der Waals surface area contributed by atoms with Gasteiger partial charge in [0.05, 0.1) is 11.9 Å². The molecule has 2 saturated heterocycles. The highest BCUT2D eigenvalue weighted by Crippen LogP contribution is 2.44. The van der Waals surface area contributed by atoms with E-state index in [1.54, 1.807) is 6.92 Å². The second-order valence-corrected chi connectivity index (χ2v) is 14.1. The van der Waals surface area contributed by atoms with E-state index < -0.39 is 46.7 Å². The number of thiazole rings is 1. The summed E-state index contributed by atoms with van der Waals surface area (Å²) in [6.07, 6.45) is 1.21. The van der Waals surface area contributed by atoms with Gasteiger partial charge in [0.1, 0.15) is 21.8 Å². The van der Waals surface area contributed by atoms with Crippen molar-refractivity contribution in [3.05, 3.63) is 39.8 Å². The van der Waals surface area contributed by atoms with E-state index >= 15 is 0 Å². The number of carbonyl (C=O) groups excluding carboxylic acids is 3. The smallest absolute Gasteiger partial charge is 0.336 e. The summed E-state index contributed by atoms with van der Waals surface area (Å²) in [5.41, 5.74) is 7.25. The number of hydrazone groups is 1. The Bertz CT molecular complexity index is 1640. The van der Waals surface area contributed by atoms with Crippen molar-refractivity contribution in [2.45, 2.75) is 28.7 Å². The summed E-state index contributed by atoms with van der Waals surface area (Å²) in [7, 11) is 0. The predicted molar refractivity (Wildman–Crippen MR) is 171 cm³/mol. The van der Waals surface area contributed by atoms with Crippen LogP contribution in [0.15, 0.2) is 33.0 Å². The summed E-state index contributed by atoms with van der Waals surface area (Å²) in [5.74, 6) is -2.48. The Morgan fingerprint density at radius 1 is 1.29 bits per heavy atom. The fourth-order valence-corrected chi connectivity index (χ4v) is 8.60. The number of hydrogen-bond donors (Lipinski definition) is 7. The van der Waals surface area contributed by atoms with E-state index in [0.717, 1.165) is 16.3 Å². The van der Waals surface area contributed by atoms with E-state index in [1.165, 1.54) is 69.6 Å². The van der Waals surface area contributed by atoms with Gasteiger partial charge in [-0.2, -0.15) is 5.10 Å². The molecule has 0 aliphatic carbocycles. The molecule has 4 heterocycles. The first-order valence-corrected chi connectivity index (χ1v) is 16.4. The molecule has 0 spiro atoms. The monoisotopic (exact) mass is 715 g/mol. The Morgan fingerprint density at radius 2 is 2.07 bits per heavy atom. The molecule has 240 valence electrons. The molecule has 0 bridgehead atoms. The van der Waals surface area contributed by atoms with E-state index in [4.69, 9.17) is 5.73 Å². The number of β-lactam (4-membered cyclic amide) rings is 1. The predicted octanol–water partition coefficient (Wildman–Crippen LogP) is 1.36. The number of hydrogen-bond acceptors (Lipinski definition) is 15. The molecule has 45 heavy (non-hydrogen) atoms. The number of nitrogen functional groups attached to an aromatic ring is 1. The number of carbonyl (C=O) groups is 4. The summed E-state index contributed by atoms with van der Waals surface area (Å²) in [6, 6.07) is 0.775. The molecule has 16 nitrogen and oxygen atoms in total. The van der Waals surface area contributed by atoms with E-state index in [0.29, 0.717) is 9.90 Å². The minimum Gasteiger partial charge on any atom is -0.504 e. The fraction of sp³-hybridized carbons (Fsp3) is 0.333. The standard InChI is InChI=1S/C24H25N9O7S4.ClH/c1-10-30-32-23(44-10)43-9-24(20(38)39)7-33-18(37)16(19(33)42-8-24)28-17(36)15(12-6-41-21(25)27-12)29-22(40)31-26-5-11-2-3-13(34)14(35)4-11;/h2-6,15-16,19,34-35H,7-9H2,1H3,(H2,25,27)(H,28,36)(H,38,39)(H2,29,31,40);1H/t15?,16?,19-,24?;/m1./s1. The summed E-state index contributed by atoms with van der Waals surface area (Å²) in [5, 5.41) is 47.9. The normalized spacial score (nSPS) is 21.3. The van der Waals surface area contributed by atoms with Gasteiger partial charge in [-0.3, -0.25) is 14.4 Å². The topological polar surface area (TPSA) is 245 Å². The summed E-state index contributed by atoms with van der Waals surface area (Å²) < 4.78 is 0.644. The number of rotatable bonds is 10. The molecule has 2 fully saturated rings. The third-order valence-corrected chi connectivity index (χ3v) is 11.2. The van der Waals surface area contributed by atoms with Crippen LogP contribution in [-0.2, 0) is 14.4 Å². The largest absolute Gasteiger partial charge is 0.504 e. The molecule has 1 aromatic carbocycles. The first-order chi connectivity index (χ1) is 21.0. The van der Waals surface area contributed by atoms with Gasteiger partial charge in [-0.25, -0.2) is 15.2 Å². The quantitative estimate of drug-likeness (QED) is 0.0516. The van der Waals surface area contributed by atoms with Crippen molar-refractivity contribution in [2.24, 2.45) is 10.5 Å². The molecule has 2 aliphatic rings. The molecule has 3 unspecified atom stereocenters.